The van der Waals surface area contributed by atoms with Gasteiger partial charge in [-0.15, -0.1) is 0 Å². The summed E-state index contributed by atoms with van der Waals surface area (Å²) in [4.78, 5) is 40.0. The number of likely N-dealkylation sites (tertiary alicyclic amines) is 1. The molecular weight excluding hydrogens is 370 g/mol. The number of nitrogens with one attached hydrogen (secondary N) is 1. The molecule has 0 radical (unpaired) electrons. The Balaban J connectivity index is 1.71. The number of carbonyl (C=O) groups is 3. The third-order valence-electron chi connectivity index (χ3n) is 5.58. The molecule has 2 aromatic rings. The molecule has 4 atom stereocenters. The Bertz CT molecular complexity index is 1010. The summed E-state index contributed by atoms with van der Waals surface area (Å²) in [5.41, 5.74) is 1.97. The Morgan fingerprint density at radius 1 is 1.10 bits per heavy atom. The lowest BCUT2D eigenvalue weighted by Crippen LogP contribution is -2.43. The van der Waals surface area contributed by atoms with E-state index in [-0.39, 0.29) is 18.4 Å². The van der Waals surface area contributed by atoms with Crippen LogP contribution < -0.4 is 5.32 Å². The maximum atomic E-state index is 13.2. The number of imide groups is 1. The van der Waals surface area contributed by atoms with E-state index in [1.807, 2.05) is 30.3 Å². The molecule has 7 nitrogen and oxygen atoms in total. The molecule has 1 N–H and O–H groups in total. The summed E-state index contributed by atoms with van der Waals surface area (Å²) in [6.07, 6.45) is 0. The SMILES string of the molecule is COC(=O)[C@@H]1N[C@H](c2cccc(C#N)c2)[C@@H]2C(=O)N(Cc3ccccc3)C(=O)[C@@H]21. The number of methoxy groups -OCH3 is 1. The molecule has 0 saturated carbocycles. The Labute approximate surface area is 167 Å². The standard InChI is InChI=1S/C22H19N3O4/c1-29-22(28)19-17-16(18(24-19)15-9-5-8-14(10-15)11-23)20(26)25(21(17)27)12-13-6-3-2-4-7-13/h2-10,16-19,24H,12H2,1H3/t16-,17+,18-,19-/m1/s1. The highest BCUT2D eigenvalue weighted by Crippen LogP contribution is 2.44. The summed E-state index contributed by atoms with van der Waals surface area (Å²) in [5, 5.41) is 12.3. The first-order valence-corrected chi connectivity index (χ1v) is 9.28. The molecule has 2 aliphatic rings. The lowest BCUT2D eigenvalue weighted by atomic mass is 9.86. The van der Waals surface area contributed by atoms with Gasteiger partial charge in [0.2, 0.25) is 11.8 Å². The number of amides is 2. The maximum Gasteiger partial charge on any atom is 0.323 e. The van der Waals surface area contributed by atoms with Crippen LogP contribution in [0.4, 0.5) is 0 Å². The quantitative estimate of drug-likeness (QED) is 0.629. The second kappa shape index (κ2) is 7.49. The van der Waals surface area contributed by atoms with Gasteiger partial charge in [-0.1, -0.05) is 42.5 Å². The normalized spacial score (nSPS) is 25.6. The van der Waals surface area contributed by atoms with Crippen LogP contribution in [-0.4, -0.2) is 35.8 Å². The Morgan fingerprint density at radius 3 is 2.52 bits per heavy atom. The minimum atomic E-state index is -0.919. The highest BCUT2D eigenvalue weighted by molar-refractivity contribution is 6.08. The predicted octanol–water partition coefficient (Wildman–Crippen LogP) is 1.55. The number of benzene rings is 2. The zero-order valence-corrected chi connectivity index (χ0v) is 15.7. The number of hydrogen-bond donors (Lipinski definition) is 1. The van der Waals surface area contributed by atoms with Crippen molar-refractivity contribution in [2.24, 2.45) is 11.8 Å². The number of fused-ring (bicyclic) bond motifs is 1. The van der Waals surface area contributed by atoms with Crippen molar-refractivity contribution in [3.05, 3.63) is 71.3 Å². The van der Waals surface area contributed by atoms with Crippen LogP contribution >= 0.6 is 0 Å². The second-order valence-electron chi connectivity index (χ2n) is 7.18. The number of esters is 1. The van der Waals surface area contributed by atoms with E-state index in [4.69, 9.17) is 4.74 Å². The van der Waals surface area contributed by atoms with E-state index >= 15 is 0 Å². The molecule has 0 unspecified atom stereocenters. The van der Waals surface area contributed by atoms with E-state index in [0.29, 0.717) is 11.1 Å². The molecule has 2 aliphatic heterocycles. The number of rotatable bonds is 4. The maximum absolute atomic E-state index is 13.2. The van der Waals surface area contributed by atoms with Gasteiger partial charge in [0.1, 0.15) is 6.04 Å². The largest absolute Gasteiger partial charge is 0.468 e. The van der Waals surface area contributed by atoms with Crippen molar-refractivity contribution >= 4 is 17.8 Å². The summed E-state index contributed by atoms with van der Waals surface area (Å²) in [6.45, 7) is 0.157. The molecule has 0 aliphatic carbocycles. The number of ether oxygens (including phenoxy) is 1. The minimum Gasteiger partial charge on any atom is -0.468 e. The molecule has 0 spiro atoms. The fourth-order valence-electron chi connectivity index (χ4n) is 4.24. The van der Waals surface area contributed by atoms with Crippen molar-refractivity contribution in [3.8, 4) is 6.07 Å². The molecule has 7 heteroatoms. The molecule has 2 heterocycles. The molecule has 2 aromatic carbocycles. The zero-order valence-electron chi connectivity index (χ0n) is 15.7. The summed E-state index contributed by atoms with van der Waals surface area (Å²) < 4.78 is 4.87. The van der Waals surface area contributed by atoms with E-state index in [0.717, 1.165) is 5.56 Å². The molecule has 29 heavy (non-hydrogen) atoms. The van der Waals surface area contributed by atoms with E-state index < -0.39 is 29.9 Å². The third-order valence-corrected chi connectivity index (χ3v) is 5.58. The second-order valence-corrected chi connectivity index (χ2v) is 7.18. The van der Waals surface area contributed by atoms with Crippen LogP contribution in [0.15, 0.2) is 54.6 Å². The highest BCUT2D eigenvalue weighted by atomic mass is 16.5. The van der Waals surface area contributed by atoms with Crippen molar-refractivity contribution in [2.75, 3.05) is 7.11 Å². The van der Waals surface area contributed by atoms with Gasteiger partial charge in [-0.25, -0.2) is 0 Å². The number of carbonyl (C=O) groups excluding carboxylic acids is 3. The van der Waals surface area contributed by atoms with Crippen LogP contribution in [0.3, 0.4) is 0 Å². The number of nitriles is 1. The van der Waals surface area contributed by atoms with E-state index in [9.17, 15) is 19.6 Å². The van der Waals surface area contributed by atoms with Crippen molar-refractivity contribution in [2.45, 2.75) is 18.6 Å². The highest BCUT2D eigenvalue weighted by Gasteiger charge is 2.61. The van der Waals surface area contributed by atoms with Gasteiger partial charge in [0.25, 0.3) is 0 Å². The van der Waals surface area contributed by atoms with Gasteiger partial charge >= 0.3 is 5.97 Å². The van der Waals surface area contributed by atoms with Crippen molar-refractivity contribution < 1.29 is 19.1 Å². The minimum absolute atomic E-state index is 0.157. The molecular formula is C22H19N3O4. The van der Waals surface area contributed by atoms with Crippen LogP contribution in [-0.2, 0) is 25.7 Å². The fourth-order valence-corrected chi connectivity index (χ4v) is 4.24. The zero-order chi connectivity index (χ0) is 20.5. The lowest BCUT2D eigenvalue weighted by molar-refractivity contribution is -0.148. The molecule has 0 bridgehead atoms. The lowest BCUT2D eigenvalue weighted by Gasteiger charge is -2.22. The smallest absolute Gasteiger partial charge is 0.323 e. The summed E-state index contributed by atoms with van der Waals surface area (Å²) in [7, 11) is 1.26. The van der Waals surface area contributed by atoms with Crippen LogP contribution in [0.1, 0.15) is 22.7 Å². The van der Waals surface area contributed by atoms with Gasteiger partial charge in [0, 0.05) is 6.04 Å². The van der Waals surface area contributed by atoms with E-state index in [1.54, 1.807) is 24.3 Å². The average molecular weight is 389 g/mol. The molecule has 2 fully saturated rings. The van der Waals surface area contributed by atoms with Crippen molar-refractivity contribution in [3.63, 3.8) is 0 Å². The van der Waals surface area contributed by atoms with E-state index in [2.05, 4.69) is 11.4 Å². The predicted molar refractivity (Wildman–Crippen MR) is 102 cm³/mol. The topological polar surface area (TPSA) is 99.5 Å². The van der Waals surface area contributed by atoms with Crippen molar-refractivity contribution in [1.82, 2.24) is 10.2 Å². The first-order valence-electron chi connectivity index (χ1n) is 9.28. The van der Waals surface area contributed by atoms with Crippen LogP contribution in [0.2, 0.25) is 0 Å². The molecule has 4 rings (SSSR count). The van der Waals surface area contributed by atoms with Crippen LogP contribution in [0, 0.1) is 23.2 Å². The van der Waals surface area contributed by atoms with Gasteiger partial charge in [0.15, 0.2) is 0 Å². The van der Waals surface area contributed by atoms with Gasteiger partial charge in [-0.3, -0.25) is 24.6 Å². The van der Waals surface area contributed by atoms with Crippen molar-refractivity contribution in [1.29, 1.82) is 5.26 Å². The van der Waals surface area contributed by atoms with Gasteiger partial charge < -0.3 is 4.74 Å². The Kier molecular flexibility index (Phi) is 4.87. The monoisotopic (exact) mass is 389 g/mol. The number of nitrogens with zero attached hydrogens (tertiary/aromatic N) is 2. The molecule has 146 valence electrons. The summed E-state index contributed by atoms with van der Waals surface area (Å²) in [5.74, 6) is -2.86. The van der Waals surface area contributed by atoms with Crippen LogP contribution in [0.5, 0.6) is 0 Å². The van der Waals surface area contributed by atoms with E-state index in [1.165, 1.54) is 12.0 Å². The van der Waals surface area contributed by atoms with Crippen LogP contribution in [0.25, 0.3) is 0 Å². The Morgan fingerprint density at radius 2 is 1.83 bits per heavy atom. The number of hydrogen-bond acceptors (Lipinski definition) is 6. The summed E-state index contributed by atoms with van der Waals surface area (Å²) in [6, 6.07) is 16.7. The average Bonchev–Trinajstić information content (AvgIpc) is 3.27. The molecule has 2 amide bonds. The fraction of sp³-hybridized carbons (Fsp3) is 0.273. The third kappa shape index (κ3) is 3.18. The van der Waals surface area contributed by atoms with Gasteiger partial charge in [-0.2, -0.15) is 5.26 Å². The van der Waals surface area contributed by atoms with Gasteiger partial charge in [-0.05, 0) is 23.3 Å². The first-order chi connectivity index (χ1) is 14.0. The summed E-state index contributed by atoms with van der Waals surface area (Å²) >= 11 is 0. The Hall–Kier alpha value is -3.50. The first kappa shape index (κ1) is 18.8. The van der Waals surface area contributed by atoms with Gasteiger partial charge in [0.05, 0.1) is 37.1 Å². The molecule has 2 saturated heterocycles. The molecule has 0 aromatic heterocycles.